The van der Waals surface area contributed by atoms with Crippen LogP contribution in [-0.2, 0) is 11.2 Å². The standard InChI is InChI=1S/C24H28N2O4/c27-23-18-5-3-4-17(14-18)15-20-16-19(24(28)26-21-6-1-2-7-21)8-9-22(20)30-13-12-29-11-10-25-23/h3-5,8-9,14,16,21H,1-2,6-7,10-13,15H2,(H,25,27)(H,26,28). The van der Waals surface area contributed by atoms with E-state index < -0.39 is 0 Å². The van der Waals surface area contributed by atoms with Gasteiger partial charge in [-0.25, -0.2) is 0 Å². The van der Waals surface area contributed by atoms with Crippen LogP contribution in [0.2, 0.25) is 0 Å². The van der Waals surface area contributed by atoms with Crippen molar-refractivity contribution in [1.29, 1.82) is 0 Å². The summed E-state index contributed by atoms with van der Waals surface area (Å²) in [6.45, 7) is 1.74. The maximum absolute atomic E-state index is 12.7. The van der Waals surface area contributed by atoms with Gasteiger partial charge in [-0.05, 0) is 54.3 Å². The largest absolute Gasteiger partial charge is 0.491 e. The fourth-order valence-electron chi connectivity index (χ4n) is 4.03. The van der Waals surface area contributed by atoms with Crippen molar-refractivity contribution < 1.29 is 19.1 Å². The first-order valence-electron chi connectivity index (χ1n) is 10.7. The van der Waals surface area contributed by atoms with Gasteiger partial charge in [-0.3, -0.25) is 9.59 Å². The molecule has 2 bridgehead atoms. The highest BCUT2D eigenvalue weighted by molar-refractivity contribution is 5.95. The monoisotopic (exact) mass is 408 g/mol. The molecule has 0 spiro atoms. The molecule has 2 amide bonds. The number of rotatable bonds is 2. The number of hydrogen-bond acceptors (Lipinski definition) is 4. The van der Waals surface area contributed by atoms with Crippen LogP contribution in [0.4, 0.5) is 0 Å². The molecule has 1 aliphatic carbocycles. The third-order valence-electron chi connectivity index (χ3n) is 5.61. The van der Waals surface area contributed by atoms with Gasteiger partial charge in [0.25, 0.3) is 11.8 Å². The number of fused-ring (bicyclic) bond motifs is 3. The second-order valence-electron chi connectivity index (χ2n) is 7.87. The lowest BCUT2D eigenvalue weighted by molar-refractivity contribution is 0.0865. The Labute approximate surface area is 177 Å². The maximum Gasteiger partial charge on any atom is 0.251 e. The molecule has 2 aromatic rings. The summed E-state index contributed by atoms with van der Waals surface area (Å²) < 4.78 is 11.5. The van der Waals surface area contributed by atoms with E-state index in [0.29, 0.717) is 43.9 Å². The van der Waals surface area contributed by atoms with Crippen molar-refractivity contribution in [3.8, 4) is 5.75 Å². The first-order valence-corrected chi connectivity index (χ1v) is 10.7. The lowest BCUT2D eigenvalue weighted by Gasteiger charge is -2.16. The van der Waals surface area contributed by atoms with Crippen LogP contribution >= 0.6 is 0 Å². The Balaban J connectivity index is 1.60. The molecule has 6 nitrogen and oxygen atoms in total. The van der Waals surface area contributed by atoms with E-state index in [0.717, 1.165) is 29.7 Å². The van der Waals surface area contributed by atoms with E-state index in [9.17, 15) is 9.59 Å². The zero-order chi connectivity index (χ0) is 20.8. The van der Waals surface area contributed by atoms with E-state index in [2.05, 4.69) is 10.6 Å². The molecule has 0 saturated heterocycles. The molecule has 6 heteroatoms. The predicted molar refractivity (Wildman–Crippen MR) is 114 cm³/mol. The van der Waals surface area contributed by atoms with Gasteiger partial charge in [0.15, 0.2) is 0 Å². The number of benzene rings is 2. The fraction of sp³-hybridized carbons (Fsp3) is 0.417. The molecule has 1 aliphatic heterocycles. The molecule has 2 aliphatic rings. The molecule has 2 N–H and O–H groups in total. The van der Waals surface area contributed by atoms with Gasteiger partial charge in [0.2, 0.25) is 0 Å². The molecule has 0 radical (unpaired) electrons. The Morgan fingerprint density at radius 2 is 1.90 bits per heavy atom. The number of ether oxygens (including phenoxy) is 2. The SMILES string of the molecule is O=C1NCCOCCOc2ccc(C(=O)NC3CCCC3)cc2Cc2cccc1c2. The summed E-state index contributed by atoms with van der Waals surface area (Å²) in [5, 5.41) is 6.01. The van der Waals surface area contributed by atoms with Crippen LogP contribution in [0.3, 0.4) is 0 Å². The first kappa shape index (κ1) is 20.4. The van der Waals surface area contributed by atoms with Crippen LogP contribution in [0.25, 0.3) is 0 Å². The van der Waals surface area contributed by atoms with Crippen LogP contribution in [0, 0.1) is 0 Å². The summed E-state index contributed by atoms with van der Waals surface area (Å²) in [5.74, 6) is 0.585. The van der Waals surface area contributed by atoms with Crippen LogP contribution < -0.4 is 15.4 Å². The van der Waals surface area contributed by atoms with Gasteiger partial charge >= 0.3 is 0 Å². The maximum atomic E-state index is 12.7. The van der Waals surface area contributed by atoms with Crippen molar-refractivity contribution in [2.45, 2.75) is 38.1 Å². The van der Waals surface area contributed by atoms with Crippen LogP contribution in [0.15, 0.2) is 42.5 Å². The minimum atomic E-state index is -0.112. The topological polar surface area (TPSA) is 76.7 Å². The van der Waals surface area contributed by atoms with Crippen LogP contribution in [-0.4, -0.2) is 44.2 Å². The zero-order valence-electron chi connectivity index (χ0n) is 17.1. The normalized spacial score (nSPS) is 17.9. The van der Waals surface area contributed by atoms with E-state index >= 15 is 0 Å². The quantitative estimate of drug-likeness (QED) is 0.801. The molecule has 2 aromatic carbocycles. The van der Waals surface area contributed by atoms with E-state index in [1.807, 2.05) is 36.4 Å². The number of amides is 2. The lowest BCUT2D eigenvalue weighted by Crippen LogP contribution is -2.32. The molecular weight excluding hydrogens is 380 g/mol. The molecule has 0 unspecified atom stereocenters. The van der Waals surface area contributed by atoms with E-state index in [1.54, 1.807) is 6.07 Å². The predicted octanol–water partition coefficient (Wildman–Crippen LogP) is 3.09. The third kappa shape index (κ3) is 5.19. The molecule has 1 heterocycles. The highest BCUT2D eigenvalue weighted by Gasteiger charge is 2.19. The number of carbonyl (C=O) groups excluding carboxylic acids is 2. The minimum absolute atomic E-state index is 0.0411. The Morgan fingerprint density at radius 1 is 1.03 bits per heavy atom. The van der Waals surface area contributed by atoms with Gasteiger partial charge in [0, 0.05) is 30.1 Å². The summed E-state index contributed by atoms with van der Waals surface area (Å²) in [5.41, 5.74) is 3.16. The molecule has 158 valence electrons. The Bertz CT molecular complexity index is 906. The number of nitrogens with one attached hydrogen (secondary N) is 2. The highest BCUT2D eigenvalue weighted by atomic mass is 16.5. The Morgan fingerprint density at radius 3 is 2.77 bits per heavy atom. The van der Waals surface area contributed by atoms with Crippen molar-refractivity contribution in [2.75, 3.05) is 26.4 Å². The third-order valence-corrected chi connectivity index (χ3v) is 5.61. The van der Waals surface area contributed by atoms with Crippen molar-refractivity contribution in [3.05, 3.63) is 64.7 Å². The summed E-state index contributed by atoms with van der Waals surface area (Å²) in [6, 6.07) is 13.4. The molecule has 4 rings (SSSR count). The van der Waals surface area contributed by atoms with Gasteiger partial charge in [0.1, 0.15) is 12.4 Å². The second kappa shape index (κ2) is 9.76. The minimum Gasteiger partial charge on any atom is -0.491 e. The lowest BCUT2D eigenvalue weighted by atomic mass is 9.99. The Kier molecular flexibility index (Phi) is 6.64. The van der Waals surface area contributed by atoms with Crippen molar-refractivity contribution >= 4 is 11.8 Å². The average Bonchev–Trinajstić information content (AvgIpc) is 3.26. The van der Waals surface area contributed by atoms with Crippen molar-refractivity contribution in [1.82, 2.24) is 10.6 Å². The Hall–Kier alpha value is -2.86. The van der Waals surface area contributed by atoms with Crippen molar-refractivity contribution in [2.24, 2.45) is 0 Å². The zero-order valence-corrected chi connectivity index (χ0v) is 17.1. The van der Waals surface area contributed by atoms with Crippen LogP contribution in [0.1, 0.15) is 57.5 Å². The molecular formula is C24H28N2O4. The first-order chi connectivity index (χ1) is 14.7. The summed E-state index contributed by atoms with van der Waals surface area (Å²) in [4.78, 5) is 25.1. The van der Waals surface area contributed by atoms with Gasteiger partial charge in [-0.1, -0.05) is 25.0 Å². The van der Waals surface area contributed by atoms with Crippen molar-refractivity contribution in [3.63, 3.8) is 0 Å². The summed E-state index contributed by atoms with van der Waals surface area (Å²) in [6.07, 6.45) is 5.02. The molecule has 30 heavy (non-hydrogen) atoms. The van der Waals surface area contributed by atoms with E-state index in [1.165, 1.54) is 12.8 Å². The van der Waals surface area contributed by atoms with Gasteiger partial charge < -0.3 is 20.1 Å². The number of hydrogen-bond donors (Lipinski definition) is 2. The summed E-state index contributed by atoms with van der Waals surface area (Å²) >= 11 is 0. The van der Waals surface area contributed by atoms with Gasteiger partial charge in [-0.2, -0.15) is 0 Å². The average molecular weight is 408 g/mol. The van der Waals surface area contributed by atoms with E-state index in [-0.39, 0.29) is 17.9 Å². The van der Waals surface area contributed by atoms with Gasteiger partial charge in [-0.15, -0.1) is 0 Å². The molecule has 0 atom stereocenters. The van der Waals surface area contributed by atoms with E-state index in [4.69, 9.17) is 9.47 Å². The van der Waals surface area contributed by atoms with Crippen LogP contribution in [0.5, 0.6) is 5.75 Å². The highest BCUT2D eigenvalue weighted by Crippen LogP contribution is 2.25. The summed E-state index contributed by atoms with van der Waals surface area (Å²) in [7, 11) is 0. The number of carbonyl (C=O) groups is 2. The molecule has 1 saturated carbocycles. The fourth-order valence-corrected chi connectivity index (χ4v) is 4.03. The second-order valence-corrected chi connectivity index (χ2v) is 7.87. The molecule has 1 fully saturated rings. The van der Waals surface area contributed by atoms with Gasteiger partial charge in [0.05, 0.1) is 13.2 Å². The molecule has 0 aromatic heterocycles. The smallest absolute Gasteiger partial charge is 0.251 e.